The molecular weight excluding hydrogens is 517 g/mol. The van der Waals surface area contributed by atoms with E-state index in [1.54, 1.807) is 17.2 Å². The number of fused-ring (bicyclic) bond motifs is 2. The number of rotatable bonds is 5. The van der Waals surface area contributed by atoms with Gasteiger partial charge in [-0.3, -0.25) is 4.79 Å². The molecule has 38 heavy (non-hydrogen) atoms. The maximum absolute atomic E-state index is 13.9. The highest BCUT2D eigenvalue weighted by molar-refractivity contribution is 6.30. The molecule has 3 aromatic rings. The van der Waals surface area contributed by atoms with Crippen molar-refractivity contribution in [3.05, 3.63) is 70.5 Å². The number of alkyl halides is 3. The van der Waals surface area contributed by atoms with Crippen LogP contribution in [0.2, 0.25) is 5.02 Å². The third kappa shape index (κ3) is 4.57. The van der Waals surface area contributed by atoms with Crippen LogP contribution in [-0.4, -0.2) is 42.1 Å². The van der Waals surface area contributed by atoms with E-state index in [2.05, 4.69) is 10.3 Å². The normalized spacial score (nSPS) is 21.3. The number of carbonyl (C=O) groups excluding carboxylic acids is 1. The molecule has 200 valence electrons. The highest BCUT2D eigenvalue weighted by Crippen LogP contribution is 2.47. The fraction of sp³-hybridized carbons (Fsp3) is 0.393. The number of pyridine rings is 2. The van der Waals surface area contributed by atoms with Crippen LogP contribution in [0.1, 0.15) is 48.3 Å². The molecule has 0 bridgehead atoms. The summed E-state index contributed by atoms with van der Waals surface area (Å²) in [6.45, 7) is 5.57. The smallest absolute Gasteiger partial charge is 0.418 e. The second-order valence-corrected chi connectivity index (χ2v) is 10.1. The first-order valence-corrected chi connectivity index (χ1v) is 13.1. The molecule has 2 aromatic heterocycles. The first kappa shape index (κ1) is 26.3. The lowest BCUT2D eigenvalue weighted by molar-refractivity contribution is -0.137. The van der Waals surface area contributed by atoms with Crippen LogP contribution in [0.15, 0.2) is 48.7 Å². The van der Waals surface area contributed by atoms with Gasteiger partial charge in [-0.05, 0) is 61.2 Å². The number of hydrogen-bond donors (Lipinski definition) is 1. The Hall–Kier alpha value is -3.33. The van der Waals surface area contributed by atoms with Gasteiger partial charge in [0.05, 0.1) is 23.4 Å². The molecule has 0 radical (unpaired) electrons. The molecular formula is C28H28ClF3N4O2. The molecule has 1 fully saturated rings. The van der Waals surface area contributed by atoms with Gasteiger partial charge in [0.1, 0.15) is 5.69 Å². The minimum absolute atomic E-state index is 0.0163. The van der Waals surface area contributed by atoms with Crippen LogP contribution in [0.5, 0.6) is 5.88 Å². The van der Waals surface area contributed by atoms with Gasteiger partial charge in [-0.2, -0.15) is 13.2 Å². The van der Waals surface area contributed by atoms with Gasteiger partial charge in [0.2, 0.25) is 5.88 Å². The average molecular weight is 545 g/mol. The minimum Gasteiger partial charge on any atom is -0.477 e. The number of amides is 1. The Morgan fingerprint density at radius 1 is 1.21 bits per heavy atom. The number of piperidine rings is 1. The minimum atomic E-state index is -4.52. The zero-order valence-corrected chi connectivity index (χ0v) is 21.9. The van der Waals surface area contributed by atoms with E-state index in [-0.39, 0.29) is 22.5 Å². The van der Waals surface area contributed by atoms with Crippen LogP contribution < -0.4 is 15.0 Å². The third-order valence-electron chi connectivity index (χ3n) is 7.69. The molecule has 1 unspecified atom stereocenters. The molecule has 1 spiro atoms. The van der Waals surface area contributed by atoms with Crippen molar-refractivity contribution in [2.75, 3.05) is 31.1 Å². The molecule has 0 aliphatic carbocycles. The van der Waals surface area contributed by atoms with E-state index in [9.17, 15) is 18.0 Å². The lowest BCUT2D eigenvalue weighted by Gasteiger charge is -2.51. The van der Waals surface area contributed by atoms with E-state index in [0.717, 1.165) is 18.1 Å². The molecule has 1 N–H and O–H groups in total. The lowest BCUT2D eigenvalue weighted by atomic mass is 9.63. The van der Waals surface area contributed by atoms with Gasteiger partial charge in [-0.25, -0.2) is 9.97 Å². The van der Waals surface area contributed by atoms with Crippen molar-refractivity contribution in [3.63, 3.8) is 0 Å². The van der Waals surface area contributed by atoms with Gasteiger partial charge in [-0.1, -0.05) is 31.0 Å². The number of nitrogens with one attached hydrogen (secondary N) is 1. The van der Waals surface area contributed by atoms with Crippen molar-refractivity contribution >= 4 is 23.2 Å². The summed E-state index contributed by atoms with van der Waals surface area (Å²) in [5.41, 5.74) is 1.40. The molecule has 2 atom stereocenters. The van der Waals surface area contributed by atoms with Crippen molar-refractivity contribution in [1.29, 1.82) is 0 Å². The van der Waals surface area contributed by atoms with Crippen LogP contribution in [-0.2, 0) is 11.6 Å². The summed E-state index contributed by atoms with van der Waals surface area (Å²) in [4.78, 5) is 23.8. The average Bonchev–Trinajstić information content (AvgIpc) is 2.91. The molecule has 5 rings (SSSR count). The number of halogens is 4. The van der Waals surface area contributed by atoms with E-state index in [0.29, 0.717) is 55.5 Å². The van der Waals surface area contributed by atoms with E-state index < -0.39 is 17.2 Å². The van der Waals surface area contributed by atoms with Crippen molar-refractivity contribution in [2.45, 2.75) is 38.3 Å². The Kier molecular flexibility index (Phi) is 6.98. The van der Waals surface area contributed by atoms with Gasteiger partial charge < -0.3 is 15.0 Å². The predicted molar refractivity (Wildman–Crippen MR) is 140 cm³/mol. The van der Waals surface area contributed by atoms with E-state index in [1.165, 1.54) is 12.1 Å². The number of ether oxygens (including phenoxy) is 1. The van der Waals surface area contributed by atoms with Crippen LogP contribution in [0.4, 0.5) is 18.9 Å². The van der Waals surface area contributed by atoms with Crippen molar-refractivity contribution < 1.29 is 22.7 Å². The highest BCUT2D eigenvalue weighted by Gasteiger charge is 2.49. The molecule has 1 saturated heterocycles. The summed E-state index contributed by atoms with van der Waals surface area (Å²) in [6, 6.07) is 11.4. The summed E-state index contributed by atoms with van der Waals surface area (Å²) >= 11 is 5.91. The maximum atomic E-state index is 13.9. The van der Waals surface area contributed by atoms with Crippen molar-refractivity contribution in [2.24, 2.45) is 5.92 Å². The van der Waals surface area contributed by atoms with Crippen molar-refractivity contribution in [1.82, 2.24) is 15.3 Å². The van der Waals surface area contributed by atoms with Crippen LogP contribution >= 0.6 is 11.6 Å². The zero-order valence-electron chi connectivity index (χ0n) is 21.1. The van der Waals surface area contributed by atoms with Gasteiger partial charge in [0.15, 0.2) is 0 Å². The van der Waals surface area contributed by atoms with Crippen molar-refractivity contribution in [3.8, 4) is 17.1 Å². The highest BCUT2D eigenvalue weighted by atomic mass is 35.5. The number of nitrogens with zero attached hydrogens (tertiary/aromatic N) is 3. The second-order valence-electron chi connectivity index (χ2n) is 9.68. The first-order valence-electron chi connectivity index (χ1n) is 12.7. The summed E-state index contributed by atoms with van der Waals surface area (Å²) in [6.07, 6.45) is -1.59. The van der Waals surface area contributed by atoms with Gasteiger partial charge in [-0.15, -0.1) is 0 Å². The Morgan fingerprint density at radius 3 is 2.76 bits per heavy atom. The molecule has 1 aromatic carbocycles. The number of aromatic nitrogens is 2. The fourth-order valence-corrected chi connectivity index (χ4v) is 6.02. The number of carbonyl (C=O) groups is 1. The van der Waals surface area contributed by atoms with Gasteiger partial charge in [0, 0.05) is 42.0 Å². The Morgan fingerprint density at radius 2 is 2.03 bits per heavy atom. The maximum Gasteiger partial charge on any atom is 0.418 e. The summed E-state index contributed by atoms with van der Waals surface area (Å²) in [5, 5.41) is 3.06. The van der Waals surface area contributed by atoms with Crippen LogP contribution in [0.3, 0.4) is 0 Å². The molecule has 1 amide bonds. The Bertz CT molecular complexity index is 1370. The second kappa shape index (κ2) is 10.1. The molecule has 2 aliphatic heterocycles. The SMILES string of the molecule is CCOc1ncccc1-c1ccc2c(n1)C(=O)NC[C@]21CCN(c2ccc(Cl)cc2C(F)(F)F)CC1CC. The molecule has 0 saturated carbocycles. The van der Waals surface area contributed by atoms with Crippen LogP contribution in [0.25, 0.3) is 11.3 Å². The summed E-state index contributed by atoms with van der Waals surface area (Å²) in [7, 11) is 0. The van der Waals surface area contributed by atoms with E-state index in [4.69, 9.17) is 21.3 Å². The molecule has 10 heteroatoms. The monoisotopic (exact) mass is 544 g/mol. The Labute approximate surface area is 224 Å². The third-order valence-corrected chi connectivity index (χ3v) is 7.92. The first-order chi connectivity index (χ1) is 18.2. The lowest BCUT2D eigenvalue weighted by Crippen LogP contribution is -2.58. The zero-order chi connectivity index (χ0) is 27.1. The largest absolute Gasteiger partial charge is 0.477 e. The molecule has 2 aliphatic rings. The number of anilines is 1. The predicted octanol–water partition coefficient (Wildman–Crippen LogP) is 6.13. The van der Waals surface area contributed by atoms with E-state index >= 15 is 0 Å². The summed E-state index contributed by atoms with van der Waals surface area (Å²) < 4.78 is 47.2. The summed E-state index contributed by atoms with van der Waals surface area (Å²) in [5.74, 6) is 0.164. The topological polar surface area (TPSA) is 67.3 Å². The van der Waals surface area contributed by atoms with Gasteiger partial charge >= 0.3 is 6.18 Å². The molecule has 4 heterocycles. The van der Waals surface area contributed by atoms with E-state index in [1.807, 2.05) is 32.0 Å². The quantitative estimate of drug-likeness (QED) is 0.418. The number of benzene rings is 1. The van der Waals surface area contributed by atoms with Crippen LogP contribution in [0, 0.1) is 5.92 Å². The fourth-order valence-electron chi connectivity index (χ4n) is 5.85. The Balaban J connectivity index is 1.52. The standard InChI is InChI=1S/C28H28ClF3N4O2/c1-3-17-15-36(23-10-7-18(29)14-21(23)28(30,31)32)13-11-27(17)16-34-25(37)24-20(27)8-9-22(35-24)19-6-5-12-33-26(19)38-4-2/h5-10,12,14,17H,3-4,11,13,15-16H2,1-2H3,(H,34,37)/t17?,27-/m0/s1. The van der Waals surface area contributed by atoms with Gasteiger partial charge in [0.25, 0.3) is 5.91 Å². The number of hydrogen-bond acceptors (Lipinski definition) is 5. The molecule has 6 nitrogen and oxygen atoms in total.